The molecule has 1 aliphatic heterocycles. The molecule has 4 heteroatoms. The standard InChI is InChI=1S/C29H33NO2S/c1-29(14-16-33(31)17-15-29)21-32-26-12-13-27-24(19-26)7-5-6-23-11-10-22(18-28(23)27)20-30-25-8-3-2-4-9-25/h2-4,8-13,18-19,30H,5-7,14-17,20-21H2,1H3. The van der Waals surface area contributed by atoms with Crippen molar-refractivity contribution in [2.75, 3.05) is 23.4 Å². The van der Waals surface area contributed by atoms with Crippen molar-refractivity contribution < 1.29 is 8.95 Å². The van der Waals surface area contributed by atoms with Gasteiger partial charge in [-0.1, -0.05) is 43.3 Å². The second-order valence-electron chi connectivity index (χ2n) is 9.83. The molecule has 1 saturated heterocycles. The van der Waals surface area contributed by atoms with Crippen molar-refractivity contribution in [1.29, 1.82) is 0 Å². The van der Waals surface area contributed by atoms with E-state index in [1.54, 1.807) is 0 Å². The average Bonchev–Trinajstić information content (AvgIpc) is 3.03. The highest BCUT2D eigenvalue weighted by Crippen LogP contribution is 2.37. The molecule has 0 bridgehead atoms. The van der Waals surface area contributed by atoms with Crippen LogP contribution in [0.2, 0.25) is 0 Å². The SMILES string of the molecule is CC1(COc2ccc3c(c2)CCCc2ccc(CNc4ccccc4)cc2-3)CCS(=O)CC1. The van der Waals surface area contributed by atoms with Crippen molar-refractivity contribution >= 4 is 16.5 Å². The topological polar surface area (TPSA) is 38.3 Å². The Balaban J connectivity index is 1.32. The molecular weight excluding hydrogens is 426 g/mol. The lowest BCUT2D eigenvalue weighted by atomic mass is 9.85. The molecule has 1 N–H and O–H groups in total. The van der Waals surface area contributed by atoms with E-state index >= 15 is 0 Å². The van der Waals surface area contributed by atoms with Crippen LogP contribution in [0.15, 0.2) is 66.7 Å². The van der Waals surface area contributed by atoms with Gasteiger partial charge in [0.2, 0.25) is 0 Å². The molecule has 3 aromatic carbocycles. The summed E-state index contributed by atoms with van der Waals surface area (Å²) in [5.41, 5.74) is 8.11. The van der Waals surface area contributed by atoms with Crippen molar-refractivity contribution in [2.45, 2.75) is 45.6 Å². The van der Waals surface area contributed by atoms with Gasteiger partial charge in [-0.25, -0.2) is 0 Å². The lowest BCUT2D eigenvalue weighted by molar-refractivity contribution is 0.150. The zero-order chi connectivity index (χ0) is 22.7. The number of para-hydroxylation sites is 1. The van der Waals surface area contributed by atoms with Crippen molar-refractivity contribution in [2.24, 2.45) is 5.41 Å². The Kier molecular flexibility index (Phi) is 6.55. The molecule has 0 aromatic heterocycles. The predicted octanol–water partition coefficient (Wildman–Crippen LogP) is 6.38. The third-order valence-electron chi connectivity index (χ3n) is 7.16. The summed E-state index contributed by atoms with van der Waals surface area (Å²) in [5.74, 6) is 2.58. The highest BCUT2D eigenvalue weighted by molar-refractivity contribution is 7.85. The summed E-state index contributed by atoms with van der Waals surface area (Å²) in [6.07, 6.45) is 5.32. The Morgan fingerprint density at radius 2 is 1.70 bits per heavy atom. The zero-order valence-corrected chi connectivity index (χ0v) is 20.3. The molecule has 1 heterocycles. The fourth-order valence-electron chi connectivity index (χ4n) is 4.91. The molecule has 1 fully saturated rings. The molecule has 1 aliphatic carbocycles. The maximum absolute atomic E-state index is 11.7. The van der Waals surface area contributed by atoms with Crippen molar-refractivity contribution in [3.8, 4) is 16.9 Å². The highest BCUT2D eigenvalue weighted by atomic mass is 32.2. The van der Waals surface area contributed by atoms with E-state index in [9.17, 15) is 4.21 Å². The number of fused-ring (bicyclic) bond motifs is 3. The smallest absolute Gasteiger partial charge is 0.119 e. The van der Waals surface area contributed by atoms with E-state index in [-0.39, 0.29) is 5.41 Å². The van der Waals surface area contributed by atoms with Crippen molar-refractivity contribution in [3.63, 3.8) is 0 Å². The van der Waals surface area contributed by atoms with Crippen LogP contribution < -0.4 is 10.1 Å². The summed E-state index contributed by atoms with van der Waals surface area (Å²) in [6, 6.07) is 23.9. The summed E-state index contributed by atoms with van der Waals surface area (Å²) in [7, 11) is -0.635. The van der Waals surface area contributed by atoms with E-state index < -0.39 is 10.8 Å². The molecule has 0 saturated carbocycles. The van der Waals surface area contributed by atoms with E-state index in [0.29, 0.717) is 6.61 Å². The Bertz CT molecular complexity index is 1130. The Morgan fingerprint density at radius 1 is 0.909 bits per heavy atom. The Labute approximate surface area is 200 Å². The first-order valence-electron chi connectivity index (χ1n) is 12.1. The second-order valence-corrected chi connectivity index (χ2v) is 11.5. The summed E-state index contributed by atoms with van der Waals surface area (Å²) >= 11 is 0. The number of hydrogen-bond donors (Lipinski definition) is 1. The van der Waals surface area contributed by atoms with E-state index in [2.05, 4.69) is 72.9 Å². The zero-order valence-electron chi connectivity index (χ0n) is 19.4. The molecular formula is C29H33NO2S. The molecule has 0 amide bonds. The molecule has 33 heavy (non-hydrogen) atoms. The van der Waals surface area contributed by atoms with Crippen LogP contribution in [0.25, 0.3) is 11.1 Å². The number of ether oxygens (including phenoxy) is 1. The predicted molar refractivity (Wildman–Crippen MR) is 138 cm³/mol. The first kappa shape index (κ1) is 22.2. The first-order chi connectivity index (χ1) is 16.1. The van der Waals surface area contributed by atoms with Crippen LogP contribution in [0.4, 0.5) is 5.69 Å². The monoisotopic (exact) mass is 459 g/mol. The number of rotatable bonds is 6. The summed E-state index contributed by atoms with van der Waals surface area (Å²) in [5, 5.41) is 3.53. The van der Waals surface area contributed by atoms with E-state index in [4.69, 9.17) is 4.74 Å². The van der Waals surface area contributed by atoms with Gasteiger partial charge in [-0.2, -0.15) is 0 Å². The lowest BCUT2D eigenvalue weighted by Crippen LogP contribution is -2.33. The van der Waals surface area contributed by atoms with Crippen LogP contribution >= 0.6 is 0 Å². The fraction of sp³-hybridized carbons (Fsp3) is 0.379. The maximum atomic E-state index is 11.7. The quantitative estimate of drug-likeness (QED) is 0.465. The molecule has 2 aliphatic rings. The second kappa shape index (κ2) is 9.72. The Hall–Kier alpha value is -2.59. The number of nitrogens with one attached hydrogen (secondary N) is 1. The average molecular weight is 460 g/mol. The van der Waals surface area contributed by atoms with Crippen LogP contribution in [0.1, 0.15) is 42.9 Å². The maximum Gasteiger partial charge on any atom is 0.119 e. The van der Waals surface area contributed by atoms with Crippen molar-refractivity contribution in [1.82, 2.24) is 0 Å². The van der Waals surface area contributed by atoms with Gasteiger partial charge >= 0.3 is 0 Å². The number of benzene rings is 3. The molecule has 0 atom stereocenters. The normalized spacial score (nSPS) is 22.0. The largest absolute Gasteiger partial charge is 0.493 e. The molecule has 3 aromatic rings. The van der Waals surface area contributed by atoms with Gasteiger partial charge < -0.3 is 10.1 Å². The number of hydrogen-bond acceptors (Lipinski definition) is 3. The van der Waals surface area contributed by atoms with Crippen LogP contribution in [0.5, 0.6) is 5.75 Å². The summed E-state index contributed by atoms with van der Waals surface area (Å²) < 4.78 is 18.0. The van der Waals surface area contributed by atoms with Crippen LogP contribution in [0, 0.1) is 5.41 Å². The van der Waals surface area contributed by atoms with Crippen LogP contribution in [0.3, 0.4) is 0 Å². The summed E-state index contributed by atoms with van der Waals surface area (Å²) in [6.45, 7) is 3.79. The lowest BCUT2D eigenvalue weighted by Gasteiger charge is -2.32. The van der Waals surface area contributed by atoms with E-state index in [1.807, 2.05) is 6.07 Å². The first-order valence-corrected chi connectivity index (χ1v) is 13.6. The van der Waals surface area contributed by atoms with Gasteiger partial charge in [0, 0.05) is 40.0 Å². The molecule has 0 radical (unpaired) electrons. The van der Waals surface area contributed by atoms with Gasteiger partial charge in [0.15, 0.2) is 0 Å². The third-order valence-corrected chi connectivity index (χ3v) is 8.48. The van der Waals surface area contributed by atoms with Gasteiger partial charge in [0.05, 0.1) is 6.61 Å². The number of anilines is 1. The highest BCUT2D eigenvalue weighted by Gasteiger charge is 2.30. The van der Waals surface area contributed by atoms with Gasteiger partial charge in [-0.15, -0.1) is 0 Å². The molecule has 0 spiro atoms. The Morgan fingerprint density at radius 3 is 2.52 bits per heavy atom. The minimum absolute atomic E-state index is 0.133. The summed E-state index contributed by atoms with van der Waals surface area (Å²) in [4.78, 5) is 0. The molecule has 0 unspecified atom stereocenters. The van der Waals surface area contributed by atoms with E-state index in [0.717, 1.165) is 61.6 Å². The van der Waals surface area contributed by atoms with Gasteiger partial charge in [0.1, 0.15) is 5.75 Å². The fourth-order valence-corrected chi connectivity index (χ4v) is 6.56. The third kappa shape index (κ3) is 5.33. The van der Waals surface area contributed by atoms with Gasteiger partial charge in [-0.05, 0) is 90.3 Å². The van der Waals surface area contributed by atoms with Gasteiger partial charge in [-0.3, -0.25) is 4.21 Å². The van der Waals surface area contributed by atoms with Crippen LogP contribution in [-0.2, 0) is 30.2 Å². The van der Waals surface area contributed by atoms with Crippen LogP contribution in [-0.4, -0.2) is 22.3 Å². The van der Waals surface area contributed by atoms with Crippen molar-refractivity contribution in [3.05, 3.63) is 83.4 Å². The molecule has 5 rings (SSSR count). The minimum atomic E-state index is -0.635. The molecule has 3 nitrogen and oxygen atoms in total. The van der Waals surface area contributed by atoms with Gasteiger partial charge in [0.25, 0.3) is 0 Å². The van der Waals surface area contributed by atoms with E-state index in [1.165, 1.54) is 27.8 Å². The molecule has 172 valence electrons. The minimum Gasteiger partial charge on any atom is -0.493 e. The number of aryl methyl sites for hydroxylation is 2.